The number of β-amino-alcohol motifs (C(OH)–C–C–N with tert-alkyl or cyclic N) is 1. The summed E-state index contributed by atoms with van der Waals surface area (Å²) in [6.07, 6.45) is 0.846. The predicted octanol–water partition coefficient (Wildman–Crippen LogP) is 3.56. The molecule has 0 radical (unpaired) electrons. The van der Waals surface area contributed by atoms with E-state index in [9.17, 15) is 5.11 Å². The third-order valence-corrected chi connectivity index (χ3v) is 4.58. The zero-order valence-electron chi connectivity index (χ0n) is 14.1. The molecule has 1 saturated heterocycles. The number of fused-ring (bicyclic) bond motifs is 1. The Balaban J connectivity index is 1.52. The van der Waals surface area contributed by atoms with Crippen LogP contribution < -0.4 is 4.74 Å². The third-order valence-electron chi connectivity index (χ3n) is 4.58. The molecule has 1 N–H and O–H groups in total. The van der Waals surface area contributed by atoms with Crippen LogP contribution in [0.2, 0.25) is 0 Å². The molecule has 23 heavy (non-hydrogen) atoms. The minimum atomic E-state index is -0.445. The second-order valence-corrected chi connectivity index (χ2v) is 7.14. The summed E-state index contributed by atoms with van der Waals surface area (Å²) in [5, 5.41) is 12.7. The van der Waals surface area contributed by atoms with E-state index < -0.39 is 6.10 Å². The molecule has 0 aliphatic carbocycles. The number of benzene rings is 2. The van der Waals surface area contributed by atoms with Crippen molar-refractivity contribution in [2.75, 3.05) is 26.2 Å². The van der Waals surface area contributed by atoms with Crippen LogP contribution in [0.15, 0.2) is 42.5 Å². The van der Waals surface area contributed by atoms with Gasteiger partial charge in [0.15, 0.2) is 0 Å². The number of hydrogen-bond donors (Lipinski definition) is 1. The van der Waals surface area contributed by atoms with Gasteiger partial charge in [-0.2, -0.15) is 0 Å². The fraction of sp³-hybridized carbons (Fsp3) is 0.500. The molecule has 0 spiro atoms. The molecule has 3 rings (SSSR count). The minimum absolute atomic E-state index is 0.345. The molecule has 0 bridgehead atoms. The Kier molecular flexibility index (Phi) is 5.19. The molecule has 1 fully saturated rings. The molecular weight excluding hydrogens is 286 g/mol. The summed E-state index contributed by atoms with van der Waals surface area (Å²) in [5.74, 6) is 2.25. The lowest BCUT2D eigenvalue weighted by Gasteiger charge is -2.35. The number of ether oxygens (including phenoxy) is 1. The minimum Gasteiger partial charge on any atom is -0.491 e. The molecule has 0 amide bonds. The van der Waals surface area contributed by atoms with Crippen molar-refractivity contribution in [2.24, 2.45) is 11.8 Å². The number of piperidine rings is 1. The first-order chi connectivity index (χ1) is 11.1. The molecule has 0 saturated carbocycles. The van der Waals surface area contributed by atoms with Crippen molar-refractivity contribution < 1.29 is 9.84 Å². The van der Waals surface area contributed by atoms with Crippen LogP contribution in [0.5, 0.6) is 5.75 Å². The standard InChI is InChI=1S/C20H27NO2/c1-15-9-16(2)12-21(11-15)13-19(22)14-23-20-8-7-17-5-3-4-6-18(17)10-20/h3-8,10,15-16,19,22H,9,11-14H2,1-2H3/t15-,16+,19-/m1/s1. The summed E-state index contributed by atoms with van der Waals surface area (Å²) in [4.78, 5) is 2.37. The maximum atomic E-state index is 10.3. The quantitative estimate of drug-likeness (QED) is 0.916. The van der Waals surface area contributed by atoms with Crippen LogP contribution in [0, 0.1) is 11.8 Å². The van der Waals surface area contributed by atoms with E-state index in [1.54, 1.807) is 0 Å². The van der Waals surface area contributed by atoms with Crippen molar-refractivity contribution in [1.29, 1.82) is 0 Å². The molecule has 1 heterocycles. The Morgan fingerprint density at radius 3 is 2.52 bits per heavy atom. The molecule has 124 valence electrons. The number of nitrogens with zero attached hydrogens (tertiary/aromatic N) is 1. The maximum Gasteiger partial charge on any atom is 0.120 e. The van der Waals surface area contributed by atoms with Gasteiger partial charge in [-0.25, -0.2) is 0 Å². The van der Waals surface area contributed by atoms with E-state index in [2.05, 4.69) is 36.9 Å². The SMILES string of the molecule is C[C@@H]1C[C@H](C)CN(C[C@@H](O)COc2ccc3ccccc3c2)C1. The summed E-state index contributed by atoms with van der Waals surface area (Å²) >= 11 is 0. The summed E-state index contributed by atoms with van der Waals surface area (Å²) in [5.41, 5.74) is 0. The zero-order valence-corrected chi connectivity index (χ0v) is 14.1. The van der Waals surface area contributed by atoms with Crippen LogP contribution in [0.1, 0.15) is 20.3 Å². The second-order valence-electron chi connectivity index (χ2n) is 7.14. The van der Waals surface area contributed by atoms with Gasteiger partial charge in [0.05, 0.1) is 0 Å². The topological polar surface area (TPSA) is 32.7 Å². The van der Waals surface area contributed by atoms with Gasteiger partial charge < -0.3 is 14.7 Å². The number of likely N-dealkylation sites (tertiary alicyclic amines) is 1. The van der Waals surface area contributed by atoms with Crippen molar-refractivity contribution in [3.05, 3.63) is 42.5 Å². The van der Waals surface area contributed by atoms with Gasteiger partial charge in [0, 0.05) is 19.6 Å². The monoisotopic (exact) mass is 313 g/mol. The smallest absolute Gasteiger partial charge is 0.120 e. The zero-order chi connectivity index (χ0) is 16.2. The van der Waals surface area contributed by atoms with E-state index in [4.69, 9.17) is 4.74 Å². The van der Waals surface area contributed by atoms with Crippen LogP contribution >= 0.6 is 0 Å². The molecule has 0 unspecified atom stereocenters. The Labute approximate surface area is 138 Å². The Hall–Kier alpha value is -1.58. The Morgan fingerprint density at radius 2 is 1.78 bits per heavy atom. The fourth-order valence-corrected chi connectivity index (χ4v) is 3.74. The molecule has 1 aliphatic rings. The number of aliphatic hydroxyl groups excluding tert-OH is 1. The van der Waals surface area contributed by atoms with Crippen molar-refractivity contribution in [3.63, 3.8) is 0 Å². The van der Waals surface area contributed by atoms with Gasteiger partial charge in [-0.05, 0) is 41.2 Å². The van der Waals surface area contributed by atoms with Gasteiger partial charge in [0.25, 0.3) is 0 Å². The first-order valence-electron chi connectivity index (χ1n) is 8.62. The lowest BCUT2D eigenvalue weighted by Crippen LogP contribution is -2.43. The van der Waals surface area contributed by atoms with Crippen molar-refractivity contribution in [2.45, 2.75) is 26.4 Å². The van der Waals surface area contributed by atoms with Gasteiger partial charge in [-0.3, -0.25) is 0 Å². The van der Waals surface area contributed by atoms with E-state index in [1.165, 1.54) is 11.8 Å². The van der Waals surface area contributed by atoms with Crippen LogP contribution in [-0.4, -0.2) is 42.4 Å². The largest absolute Gasteiger partial charge is 0.491 e. The molecule has 3 nitrogen and oxygen atoms in total. The lowest BCUT2D eigenvalue weighted by atomic mass is 9.92. The van der Waals surface area contributed by atoms with Gasteiger partial charge in [0.1, 0.15) is 18.5 Å². The van der Waals surface area contributed by atoms with Crippen molar-refractivity contribution in [3.8, 4) is 5.75 Å². The maximum absolute atomic E-state index is 10.3. The molecule has 3 heteroatoms. The van der Waals surface area contributed by atoms with Gasteiger partial charge in [-0.1, -0.05) is 44.2 Å². The van der Waals surface area contributed by atoms with Gasteiger partial charge in [0.2, 0.25) is 0 Å². The molecule has 2 aromatic carbocycles. The number of aliphatic hydroxyl groups is 1. The highest BCUT2D eigenvalue weighted by atomic mass is 16.5. The number of hydrogen-bond acceptors (Lipinski definition) is 3. The highest BCUT2D eigenvalue weighted by molar-refractivity contribution is 5.83. The first-order valence-corrected chi connectivity index (χ1v) is 8.62. The van der Waals surface area contributed by atoms with Crippen molar-refractivity contribution >= 4 is 10.8 Å². The average molecular weight is 313 g/mol. The van der Waals surface area contributed by atoms with Gasteiger partial charge in [-0.15, -0.1) is 0 Å². The highest BCUT2D eigenvalue weighted by Crippen LogP contribution is 2.22. The van der Waals surface area contributed by atoms with Crippen LogP contribution in [0.25, 0.3) is 10.8 Å². The van der Waals surface area contributed by atoms with E-state index in [0.717, 1.165) is 24.2 Å². The molecule has 2 aromatic rings. The predicted molar refractivity (Wildman–Crippen MR) is 94.8 cm³/mol. The van der Waals surface area contributed by atoms with E-state index in [0.29, 0.717) is 25.0 Å². The van der Waals surface area contributed by atoms with Crippen LogP contribution in [0.3, 0.4) is 0 Å². The highest BCUT2D eigenvalue weighted by Gasteiger charge is 2.23. The third kappa shape index (κ3) is 4.46. The Bertz CT molecular complexity index is 632. The molecule has 3 atom stereocenters. The summed E-state index contributed by atoms with van der Waals surface area (Å²) < 4.78 is 5.79. The number of rotatable bonds is 5. The van der Waals surface area contributed by atoms with Crippen molar-refractivity contribution in [1.82, 2.24) is 4.90 Å². The normalized spacial score (nSPS) is 23.8. The molecule has 1 aliphatic heterocycles. The second kappa shape index (κ2) is 7.33. The first kappa shape index (κ1) is 16.3. The van der Waals surface area contributed by atoms with E-state index >= 15 is 0 Å². The summed E-state index contributed by atoms with van der Waals surface area (Å²) in [6, 6.07) is 14.3. The van der Waals surface area contributed by atoms with E-state index in [-0.39, 0.29) is 0 Å². The fourth-order valence-electron chi connectivity index (χ4n) is 3.74. The summed E-state index contributed by atoms with van der Waals surface area (Å²) in [6.45, 7) is 7.79. The van der Waals surface area contributed by atoms with Gasteiger partial charge >= 0.3 is 0 Å². The summed E-state index contributed by atoms with van der Waals surface area (Å²) in [7, 11) is 0. The lowest BCUT2D eigenvalue weighted by molar-refractivity contribution is 0.0429. The average Bonchev–Trinajstić information content (AvgIpc) is 2.52. The Morgan fingerprint density at radius 1 is 1.09 bits per heavy atom. The van der Waals surface area contributed by atoms with Crippen LogP contribution in [-0.2, 0) is 0 Å². The molecular formula is C20H27NO2. The molecule has 0 aromatic heterocycles. The van der Waals surface area contributed by atoms with E-state index in [1.807, 2.05) is 24.3 Å². The van der Waals surface area contributed by atoms with Crippen LogP contribution in [0.4, 0.5) is 0 Å².